The molecule has 96 valence electrons. The molecule has 0 aliphatic heterocycles. The number of hydrogen-bond acceptors (Lipinski definition) is 2. The van der Waals surface area contributed by atoms with E-state index in [2.05, 4.69) is 57.3 Å². The van der Waals surface area contributed by atoms with E-state index in [1.807, 2.05) is 11.8 Å². The van der Waals surface area contributed by atoms with Crippen LogP contribution in [0.2, 0.25) is 0 Å². The second-order valence-corrected chi connectivity index (χ2v) is 6.02. The van der Waals surface area contributed by atoms with Crippen LogP contribution in [0.3, 0.4) is 0 Å². The summed E-state index contributed by atoms with van der Waals surface area (Å²) in [4.78, 5) is 1.37. The van der Waals surface area contributed by atoms with Crippen molar-refractivity contribution in [3.63, 3.8) is 0 Å². The number of aryl methyl sites for hydroxylation is 1. The molecule has 0 aromatic heterocycles. The molecule has 0 aliphatic rings. The number of thioether (sulfide) groups is 1. The Morgan fingerprint density at radius 1 is 1.18 bits per heavy atom. The predicted molar refractivity (Wildman–Crippen MR) is 78.8 cm³/mol. The van der Waals surface area contributed by atoms with Gasteiger partial charge in [-0.3, -0.25) is 0 Å². The van der Waals surface area contributed by atoms with Gasteiger partial charge in [-0.15, -0.1) is 11.8 Å². The molecule has 0 spiro atoms. The first kappa shape index (κ1) is 14.6. The van der Waals surface area contributed by atoms with Crippen molar-refractivity contribution in [2.45, 2.75) is 45.1 Å². The Morgan fingerprint density at radius 3 is 2.35 bits per heavy atom. The van der Waals surface area contributed by atoms with E-state index in [-0.39, 0.29) is 0 Å². The van der Waals surface area contributed by atoms with E-state index < -0.39 is 0 Å². The molecule has 1 aromatic carbocycles. The summed E-state index contributed by atoms with van der Waals surface area (Å²) in [7, 11) is 0. The third-order valence-electron chi connectivity index (χ3n) is 2.91. The zero-order valence-electron chi connectivity index (χ0n) is 11.5. The fourth-order valence-corrected chi connectivity index (χ4v) is 2.84. The minimum atomic E-state index is 0.612. The predicted octanol–water partition coefficient (Wildman–Crippen LogP) is 4.11. The lowest BCUT2D eigenvalue weighted by Crippen LogP contribution is -2.36. The standard InChI is InChI=1S/C15H25NS/c1-5-10-16-15(12(2)3)11-17-14-8-6-13(4)7-9-14/h6-9,12,15-16H,5,10-11H2,1-4H3. The Labute approximate surface area is 110 Å². The van der Waals surface area contributed by atoms with E-state index in [4.69, 9.17) is 0 Å². The molecule has 1 rings (SSSR count). The quantitative estimate of drug-likeness (QED) is 0.732. The molecule has 1 atom stereocenters. The molecule has 1 N–H and O–H groups in total. The summed E-state index contributed by atoms with van der Waals surface area (Å²) < 4.78 is 0. The van der Waals surface area contributed by atoms with Gasteiger partial charge in [0.15, 0.2) is 0 Å². The summed E-state index contributed by atoms with van der Waals surface area (Å²) in [5.41, 5.74) is 1.33. The van der Waals surface area contributed by atoms with Gasteiger partial charge in [0.05, 0.1) is 0 Å². The molecule has 0 fully saturated rings. The van der Waals surface area contributed by atoms with Crippen LogP contribution in [0, 0.1) is 12.8 Å². The normalized spacial score (nSPS) is 13.0. The molecular weight excluding hydrogens is 226 g/mol. The van der Waals surface area contributed by atoms with Crippen LogP contribution in [0.4, 0.5) is 0 Å². The van der Waals surface area contributed by atoms with E-state index >= 15 is 0 Å². The maximum atomic E-state index is 3.63. The van der Waals surface area contributed by atoms with Crippen LogP contribution in [0.1, 0.15) is 32.8 Å². The Hall–Kier alpha value is -0.470. The first-order chi connectivity index (χ1) is 8.13. The molecule has 0 amide bonds. The fraction of sp³-hybridized carbons (Fsp3) is 0.600. The van der Waals surface area contributed by atoms with E-state index in [1.165, 1.54) is 16.9 Å². The molecule has 0 heterocycles. The molecule has 17 heavy (non-hydrogen) atoms. The van der Waals surface area contributed by atoms with Crippen molar-refractivity contribution in [1.29, 1.82) is 0 Å². The van der Waals surface area contributed by atoms with Gasteiger partial charge < -0.3 is 5.32 Å². The van der Waals surface area contributed by atoms with E-state index in [0.29, 0.717) is 12.0 Å². The van der Waals surface area contributed by atoms with Gasteiger partial charge in [-0.25, -0.2) is 0 Å². The fourth-order valence-electron chi connectivity index (χ4n) is 1.64. The zero-order valence-corrected chi connectivity index (χ0v) is 12.3. The SMILES string of the molecule is CCCNC(CSc1ccc(C)cc1)C(C)C. The summed E-state index contributed by atoms with van der Waals surface area (Å²) in [5.74, 6) is 1.85. The zero-order chi connectivity index (χ0) is 12.7. The van der Waals surface area contributed by atoms with Crippen LogP contribution < -0.4 is 5.32 Å². The van der Waals surface area contributed by atoms with Gasteiger partial charge in [0, 0.05) is 16.7 Å². The van der Waals surface area contributed by atoms with Crippen molar-refractivity contribution in [3.8, 4) is 0 Å². The molecule has 2 heteroatoms. The molecule has 0 saturated carbocycles. The smallest absolute Gasteiger partial charge is 0.0184 e. The minimum Gasteiger partial charge on any atom is -0.313 e. The Kier molecular flexibility index (Phi) is 6.68. The minimum absolute atomic E-state index is 0.612. The van der Waals surface area contributed by atoms with Crippen molar-refractivity contribution in [2.75, 3.05) is 12.3 Å². The number of benzene rings is 1. The maximum absolute atomic E-state index is 3.63. The second kappa shape index (κ2) is 7.78. The first-order valence-corrected chi connectivity index (χ1v) is 7.55. The lowest BCUT2D eigenvalue weighted by molar-refractivity contribution is 0.434. The van der Waals surface area contributed by atoms with Gasteiger partial charge in [-0.2, -0.15) is 0 Å². The van der Waals surface area contributed by atoms with Crippen molar-refractivity contribution in [1.82, 2.24) is 5.32 Å². The Morgan fingerprint density at radius 2 is 1.82 bits per heavy atom. The van der Waals surface area contributed by atoms with Gasteiger partial charge >= 0.3 is 0 Å². The van der Waals surface area contributed by atoms with Crippen LogP contribution in [-0.4, -0.2) is 18.3 Å². The molecule has 0 saturated heterocycles. The lowest BCUT2D eigenvalue weighted by atomic mass is 10.1. The van der Waals surface area contributed by atoms with Crippen molar-refractivity contribution >= 4 is 11.8 Å². The van der Waals surface area contributed by atoms with E-state index in [1.54, 1.807) is 0 Å². The lowest BCUT2D eigenvalue weighted by Gasteiger charge is -2.21. The molecule has 1 nitrogen and oxygen atoms in total. The number of rotatable bonds is 7. The van der Waals surface area contributed by atoms with Gasteiger partial charge in [0.25, 0.3) is 0 Å². The van der Waals surface area contributed by atoms with Gasteiger partial charge in [-0.1, -0.05) is 38.5 Å². The van der Waals surface area contributed by atoms with Crippen LogP contribution in [0.5, 0.6) is 0 Å². The highest BCUT2D eigenvalue weighted by Crippen LogP contribution is 2.21. The molecule has 1 aromatic rings. The Balaban J connectivity index is 2.43. The highest BCUT2D eigenvalue weighted by atomic mass is 32.2. The molecule has 0 radical (unpaired) electrons. The largest absolute Gasteiger partial charge is 0.313 e. The summed E-state index contributed by atoms with van der Waals surface area (Å²) in [6.45, 7) is 10.1. The number of nitrogens with one attached hydrogen (secondary N) is 1. The van der Waals surface area contributed by atoms with Crippen molar-refractivity contribution in [2.24, 2.45) is 5.92 Å². The third-order valence-corrected chi connectivity index (χ3v) is 4.04. The summed E-state index contributed by atoms with van der Waals surface area (Å²) in [5, 5.41) is 3.63. The molecule has 0 aliphatic carbocycles. The molecular formula is C15H25NS. The van der Waals surface area contributed by atoms with E-state index in [0.717, 1.165) is 12.3 Å². The second-order valence-electron chi connectivity index (χ2n) is 4.93. The topological polar surface area (TPSA) is 12.0 Å². The van der Waals surface area contributed by atoms with Gasteiger partial charge in [0.2, 0.25) is 0 Å². The van der Waals surface area contributed by atoms with Gasteiger partial charge in [-0.05, 0) is 37.9 Å². The number of hydrogen-bond donors (Lipinski definition) is 1. The third kappa shape index (κ3) is 5.60. The summed E-state index contributed by atoms with van der Waals surface area (Å²) in [6, 6.07) is 9.42. The van der Waals surface area contributed by atoms with Crippen molar-refractivity contribution < 1.29 is 0 Å². The van der Waals surface area contributed by atoms with Crippen LogP contribution in [0.15, 0.2) is 29.2 Å². The van der Waals surface area contributed by atoms with E-state index in [9.17, 15) is 0 Å². The van der Waals surface area contributed by atoms with Crippen LogP contribution in [0.25, 0.3) is 0 Å². The average molecular weight is 251 g/mol. The van der Waals surface area contributed by atoms with Crippen LogP contribution >= 0.6 is 11.8 Å². The summed E-state index contributed by atoms with van der Waals surface area (Å²) in [6.07, 6.45) is 1.21. The van der Waals surface area contributed by atoms with Crippen molar-refractivity contribution in [3.05, 3.63) is 29.8 Å². The van der Waals surface area contributed by atoms with Gasteiger partial charge in [0.1, 0.15) is 0 Å². The summed E-state index contributed by atoms with van der Waals surface area (Å²) >= 11 is 1.95. The highest BCUT2D eigenvalue weighted by molar-refractivity contribution is 7.99. The maximum Gasteiger partial charge on any atom is 0.0184 e. The average Bonchev–Trinajstić information content (AvgIpc) is 2.31. The monoisotopic (exact) mass is 251 g/mol. The Bertz CT molecular complexity index is 305. The highest BCUT2D eigenvalue weighted by Gasteiger charge is 2.12. The first-order valence-electron chi connectivity index (χ1n) is 6.56. The molecule has 1 unspecified atom stereocenters. The molecule has 0 bridgehead atoms. The van der Waals surface area contributed by atoms with Crippen LogP contribution in [-0.2, 0) is 0 Å².